The van der Waals surface area contributed by atoms with E-state index in [2.05, 4.69) is 20.5 Å². The first kappa shape index (κ1) is 11.3. The van der Waals surface area contributed by atoms with Crippen LogP contribution in [-0.4, -0.2) is 33.5 Å². The second-order valence-electron chi connectivity index (χ2n) is 3.29. The molecular formula is C11H13N5O. The van der Waals surface area contributed by atoms with E-state index in [9.17, 15) is 0 Å². The van der Waals surface area contributed by atoms with E-state index in [1.807, 2.05) is 31.2 Å². The first-order valence-electron chi connectivity index (χ1n) is 5.28. The van der Waals surface area contributed by atoms with Gasteiger partial charge in [-0.15, -0.1) is 0 Å². The number of para-hydroxylation sites is 1. The predicted octanol–water partition coefficient (Wildman–Crippen LogP) is 1.45. The Bertz CT molecular complexity index is 520. The highest BCUT2D eigenvalue weighted by atomic mass is 16.5. The fourth-order valence-corrected chi connectivity index (χ4v) is 1.40. The summed E-state index contributed by atoms with van der Waals surface area (Å²) < 4.78 is 6.84. The molecule has 1 aromatic heterocycles. The van der Waals surface area contributed by atoms with E-state index in [4.69, 9.17) is 4.74 Å². The van der Waals surface area contributed by atoms with Crippen LogP contribution in [0.1, 0.15) is 12.5 Å². The zero-order valence-corrected chi connectivity index (χ0v) is 9.74. The molecule has 0 unspecified atom stereocenters. The van der Waals surface area contributed by atoms with Crippen LogP contribution in [0.3, 0.4) is 0 Å². The number of benzene rings is 1. The standard InChI is InChI=1S/C11H13N5O/c1-3-16-11(13-14-15-16)12-8-9-6-4-5-7-10(9)17-2/h4-8H,3H2,1-2H3. The van der Waals surface area contributed by atoms with Crippen LogP contribution in [0.2, 0.25) is 0 Å². The maximum Gasteiger partial charge on any atom is 0.269 e. The number of aromatic nitrogens is 4. The highest BCUT2D eigenvalue weighted by Crippen LogP contribution is 2.15. The topological polar surface area (TPSA) is 65.2 Å². The van der Waals surface area contributed by atoms with Gasteiger partial charge in [0, 0.05) is 18.3 Å². The first-order valence-corrected chi connectivity index (χ1v) is 5.28. The Kier molecular flexibility index (Phi) is 3.44. The SMILES string of the molecule is CCn1nnnc1N=Cc1ccccc1OC. The van der Waals surface area contributed by atoms with E-state index in [0.29, 0.717) is 12.5 Å². The lowest BCUT2D eigenvalue weighted by molar-refractivity contribution is 0.414. The Morgan fingerprint density at radius 3 is 3.00 bits per heavy atom. The molecule has 0 aliphatic rings. The number of methoxy groups -OCH3 is 1. The average Bonchev–Trinajstić information content (AvgIpc) is 2.84. The molecule has 0 amide bonds. The number of aliphatic imine (C=N–C) groups is 1. The van der Waals surface area contributed by atoms with Gasteiger partial charge >= 0.3 is 0 Å². The van der Waals surface area contributed by atoms with Crippen LogP contribution in [0.25, 0.3) is 0 Å². The Hall–Kier alpha value is -2.24. The number of hydrogen-bond donors (Lipinski definition) is 0. The van der Waals surface area contributed by atoms with Gasteiger partial charge in [0.05, 0.1) is 7.11 Å². The van der Waals surface area contributed by atoms with Gasteiger partial charge < -0.3 is 4.74 Å². The van der Waals surface area contributed by atoms with E-state index in [1.165, 1.54) is 0 Å². The van der Waals surface area contributed by atoms with Crippen molar-refractivity contribution in [2.75, 3.05) is 7.11 Å². The largest absolute Gasteiger partial charge is 0.496 e. The molecular weight excluding hydrogens is 218 g/mol. The van der Waals surface area contributed by atoms with Crippen molar-refractivity contribution in [2.45, 2.75) is 13.5 Å². The summed E-state index contributed by atoms with van der Waals surface area (Å²) >= 11 is 0. The van der Waals surface area contributed by atoms with E-state index in [-0.39, 0.29) is 0 Å². The van der Waals surface area contributed by atoms with Gasteiger partial charge in [0.25, 0.3) is 5.95 Å². The lowest BCUT2D eigenvalue weighted by Crippen LogP contribution is -1.96. The third-order valence-electron chi connectivity index (χ3n) is 2.27. The molecule has 1 aromatic carbocycles. The molecule has 6 nitrogen and oxygen atoms in total. The van der Waals surface area contributed by atoms with E-state index in [0.717, 1.165) is 11.3 Å². The number of ether oxygens (including phenoxy) is 1. The highest BCUT2D eigenvalue weighted by Gasteiger charge is 2.02. The van der Waals surface area contributed by atoms with Gasteiger partial charge in [0.1, 0.15) is 5.75 Å². The molecule has 0 atom stereocenters. The number of hydrogen-bond acceptors (Lipinski definition) is 5. The van der Waals surface area contributed by atoms with Crippen LogP contribution in [0.5, 0.6) is 5.75 Å². The van der Waals surface area contributed by atoms with Crippen molar-refractivity contribution < 1.29 is 4.74 Å². The summed E-state index contributed by atoms with van der Waals surface area (Å²) in [4.78, 5) is 4.24. The average molecular weight is 231 g/mol. The Balaban J connectivity index is 2.26. The smallest absolute Gasteiger partial charge is 0.269 e. The second kappa shape index (κ2) is 5.20. The molecule has 0 aliphatic heterocycles. The summed E-state index contributed by atoms with van der Waals surface area (Å²) in [5, 5.41) is 11.2. The molecule has 0 fully saturated rings. The van der Waals surface area contributed by atoms with Gasteiger partial charge in [0.15, 0.2) is 0 Å². The van der Waals surface area contributed by atoms with Crippen molar-refractivity contribution in [3.63, 3.8) is 0 Å². The zero-order valence-electron chi connectivity index (χ0n) is 9.74. The molecule has 0 radical (unpaired) electrons. The lowest BCUT2D eigenvalue weighted by Gasteiger charge is -2.02. The van der Waals surface area contributed by atoms with Gasteiger partial charge in [0.2, 0.25) is 0 Å². The quantitative estimate of drug-likeness (QED) is 0.747. The molecule has 0 saturated carbocycles. The van der Waals surface area contributed by atoms with Crippen molar-refractivity contribution in [1.29, 1.82) is 0 Å². The van der Waals surface area contributed by atoms with Gasteiger partial charge in [-0.25, -0.2) is 9.67 Å². The molecule has 1 heterocycles. The summed E-state index contributed by atoms with van der Waals surface area (Å²) in [5.74, 6) is 1.25. The fraction of sp³-hybridized carbons (Fsp3) is 0.273. The van der Waals surface area contributed by atoms with Gasteiger partial charge in [-0.05, 0) is 29.5 Å². The molecule has 0 N–H and O–H groups in total. The van der Waals surface area contributed by atoms with Gasteiger partial charge in [-0.1, -0.05) is 17.2 Å². The van der Waals surface area contributed by atoms with Gasteiger partial charge in [-0.2, -0.15) is 0 Å². The number of tetrazole rings is 1. The molecule has 0 aliphatic carbocycles. The highest BCUT2D eigenvalue weighted by molar-refractivity contribution is 5.84. The van der Waals surface area contributed by atoms with Crippen molar-refractivity contribution in [2.24, 2.45) is 4.99 Å². The fourth-order valence-electron chi connectivity index (χ4n) is 1.40. The minimum Gasteiger partial charge on any atom is -0.496 e. The molecule has 2 rings (SSSR count). The third-order valence-corrected chi connectivity index (χ3v) is 2.27. The normalized spacial score (nSPS) is 10.9. The lowest BCUT2D eigenvalue weighted by atomic mass is 10.2. The van der Waals surface area contributed by atoms with E-state index >= 15 is 0 Å². The molecule has 6 heteroatoms. The minimum atomic E-state index is 0.485. The van der Waals surface area contributed by atoms with Crippen molar-refractivity contribution in [1.82, 2.24) is 20.2 Å². The molecule has 0 saturated heterocycles. The second-order valence-corrected chi connectivity index (χ2v) is 3.29. The maximum atomic E-state index is 5.22. The van der Waals surface area contributed by atoms with E-state index in [1.54, 1.807) is 18.0 Å². The first-order chi connectivity index (χ1) is 8.35. The van der Waals surface area contributed by atoms with Crippen LogP contribution >= 0.6 is 0 Å². The maximum absolute atomic E-state index is 5.22. The Morgan fingerprint density at radius 2 is 2.24 bits per heavy atom. The third kappa shape index (κ3) is 2.47. The van der Waals surface area contributed by atoms with Crippen molar-refractivity contribution in [3.05, 3.63) is 29.8 Å². The number of nitrogens with zero attached hydrogens (tertiary/aromatic N) is 5. The molecule has 2 aromatic rings. The molecule has 0 bridgehead atoms. The van der Waals surface area contributed by atoms with Gasteiger partial charge in [-0.3, -0.25) is 0 Å². The summed E-state index contributed by atoms with van der Waals surface area (Å²) in [6.45, 7) is 2.64. The van der Waals surface area contributed by atoms with E-state index < -0.39 is 0 Å². The van der Waals surface area contributed by atoms with Crippen LogP contribution in [0, 0.1) is 0 Å². The summed E-state index contributed by atoms with van der Waals surface area (Å²) in [6, 6.07) is 7.63. The minimum absolute atomic E-state index is 0.485. The number of aryl methyl sites for hydroxylation is 1. The monoisotopic (exact) mass is 231 g/mol. The zero-order chi connectivity index (χ0) is 12.1. The molecule has 88 valence electrons. The van der Waals surface area contributed by atoms with Crippen LogP contribution in [0.4, 0.5) is 5.95 Å². The Labute approximate surface area is 98.9 Å². The van der Waals surface area contributed by atoms with Crippen LogP contribution in [-0.2, 0) is 6.54 Å². The predicted molar refractivity (Wildman–Crippen MR) is 63.7 cm³/mol. The summed E-state index contributed by atoms with van der Waals surface area (Å²) in [5.41, 5.74) is 0.889. The Morgan fingerprint density at radius 1 is 1.41 bits per heavy atom. The molecule has 17 heavy (non-hydrogen) atoms. The number of rotatable bonds is 4. The van der Waals surface area contributed by atoms with Crippen LogP contribution in [0.15, 0.2) is 29.3 Å². The van der Waals surface area contributed by atoms with Crippen LogP contribution < -0.4 is 4.74 Å². The van der Waals surface area contributed by atoms with Crippen molar-refractivity contribution >= 4 is 12.2 Å². The van der Waals surface area contributed by atoms with Crippen molar-refractivity contribution in [3.8, 4) is 5.75 Å². The molecule has 0 spiro atoms. The summed E-state index contributed by atoms with van der Waals surface area (Å²) in [6.07, 6.45) is 1.69. The summed E-state index contributed by atoms with van der Waals surface area (Å²) in [7, 11) is 1.63.